The van der Waals surface area contributed by atoms with E-state index in [0.717, 1.165) is 0 Å². The normalized spacial score (nSPS) is 9.31. The zero-order chi connectivity index (χ0) is 9.84. The summed E-state index contributed by atoms with van der Waals surface area (Å²) < 4.78 is 4.24. The first-order chi connectivity index (χ1) is 6.16. The maximum Gasteiger partial charge on any atom is 0.350 e. The topological polar surface area (TPSA) is 63.6 Å². The Balaban J connectivity index is 3.19. The summed E-state index contributed by atoms with van der Waals surface area (Å²) in [4.78, 5) is 21.6. The first kappa shape index (κ1) is 9.73. The summed E-state index contributed by atoms with van der Waals surface area (Å²) >= 11 is 2.49. The highest BCUT2D eigenvalue weighted by Gasteiger charge is 2.15. The van der Waals surface area contributed by atoms with Crippen LogP contribution in [-0.2, 0) is 3.83 Å². The van der Waals surface area contributed by atoms with Crippen LogP contribution in [0.4, 0.5) is 0 Å². The highest BCUT2D eigenvalue weighted by atomic mass is 79.9. The summed E-state index contributed by atoms with van der Waals surface area (Å²) in [5, 5.41) is 8.69. The molecule has 1 N–H and O–H groups in total. The van der Waals surface area contributed by atoms with Gasteiger partial charge in [0.05, 0.1) is 11.1 Å². The zero-order valence-electron chi connectivity index (χ0n) is 6.36. The van der Waals surface area contributed by atoms with Crippen LogP contribution in [0.2, 0.25) is 0 Å². The molecule has 0 saturated carbocycles. The van der Waals surface area contributed by atoms with Crippen LogP contribution in [-0.4, -0.2) is 17.0 Å². The molecule has 1 aromatic carbocycles. The van der Waals surface area contributed by atoms with Crippen molar-refractivity contribution in [2.75, 3.05) is 0 Å². The van der Waals surface area contributed by atoms with Gasteiger partial charge in [-0.15, -0.1) is 0 Å². The first-order valence-electron chi connectivity index (χ1n) is 3.32. The molecule has 68 valence electrons. The van der Waals surface area contributed by atoms with Gasteiger partial charge in [-0.05, 0) is 12.1 Å². The molecule has 0 amide bonds. The van der Waals surface area contributed by atoms with E-state index in [1.54, 1.807) is 6.07 Å². The number of halogens is 1. The van der Waals surface area contributed by atoms with Gasteiger partial charge < -0.3 is 8.93 Å². The van der Waals surface area contributed by atoms with E-state index in [4.69, 9.17) is 5.11 Å². The Morgan fingerprint density at radius 2 is 1.77 bits per heavy atom. The molecule has 0 aliphatic carbocycles. The Morgan fingerprint density at radius 3 is 2.23 bits per heavy atom. The van der Waals surface area contributed by atoms with E-state index in [2.05, 4.69) is 20.1 Å². The lowest BCUT2D eigenvalue weighted by atomic mass is 10.1. The van der Waals surface area contributed by atoms with Crippen molar-refractivity contribution >= 4 is 28.2 Å². The molecule has 5 heteroatoms. The van der Waals surface area contributed by atoms with Crippen molar-refractivity contribution in [1.29, 1.82) is 0 Å². The Kier molecular flexibility index (Phi) is 3.02. The Morgan fingerprint density at radius 1 is 1.23 bits per heavy atom. The third-order valence-electron chi connectivity index (χ3n) is 1.45. The lowest BCUT2D eigenvalue weighted by molar-refractivity contribution is 0.0678. The van der Waals surface area contributed by atoms with Crippen LogP contribution in [0.5, 0.6) is 0 Å². The number of carboxylic acids is 1. The predicted octanol–water partition coefficient (Wildman–Crippen LogP) is 1.85. The molecule has 0 unspecified atom stereocenters. The second-order valence-electron chi connectivity index (χ2n) is 2.22. The van der Waals surface area contributed by atoms with Crippen LogP contribution >= 0.6 is 16.3 Å². The van der Waals surface area contributed by atoms with Crippen LogP contribution in [0.1, 0.15) is 20.7 Å². The molecule has 0 spiro atoms. The summed E-state index contributed by atoms with van der Waals surface area (Å²) in [6, 6.07) is 5.81. The molecule has 0 aliphatic heterocycles. The van der Waals surface area contributed by atoms with Crippen molar-refractivity contribution in [3.05, 3.63) is 35.4 Å². The largest absolute Gasteiger partial charge is 0.478 e. The maximum atomic E-state index is 11.0. The second kappa shape index (κ2) is 4.04. The summed E-state index contributed by atoms with van der Waals surface area (Å²) in [5.74, 6) is -1.88. The van der Waals surface area contributed by atoms with Gasteiger partial charge in [-0.1, -0.05) is 12.1 Å². The van der Waals surface area contributed by atoms with Gasteiger partial charge >= 0.3 is 11.9 Å². The maximum absolute atomic E-state index is 11.0. The van der Waals surface area contributed by atoms with E-state index in [1.807, 2.05) is 0 Å². The second-order valence-corrected chi connectivity index (χ2v) is 2.54. The van der Waals surface area contributed by atoms with Crippen LogP contribution < -0.4 is 0 Å². The minimum atomic E-state index is -1.16. The van der Waals surface area contributed by atoms with Crippen molar-refractivity contribution < 1.29 is 18.5 Å². The fourth-order valence-electron chi connectivity index (χ4n) is 0.889. The van der Waals surface area contributed by atoms with Crippen LogP contribution in [0.25, 0.3) is 0 Å². The quantitative estimate of drug-likeness (QED) is 0.863. The molecule has 0 aromatic heterocycles. The molecule has 0 heterocycles. The van der Waals surface area contributed by atoms with Crippen molar-refractivity contribution in [3.63, 3.8) is 0 Å². The Hall–Kier alpha value is -1.36. The van der Waals surface area contributed by atoms with Crippen molar-refractivity contribution in [1.82, 2.24) is 0 Å². The Bertz CT molecular complexity index is 348. The summed E-state index contributed by atoms with van der Waals surface area (Å²) in [6.45, 7) is 0. The van der Waals surface area contributed by atoms with E-state index in [-0.39, 0.29) is 11.1 Å². The number of benzene rings is 1. The molecule has 13 heavy (non-hydrogen) atoms. The SMILES string of the molecule is O=C(O)c1ccccc1C(=O)OBr. The fourth-order valence-corrected chi connectivity index (χ4v) is 1.06. The van der Waals surface area contributed by atoms with Gasteiger partial charge in [-0.2, -0.15) is 0 Å². The van der Waals surface area contributed by atoms with Gasteiger partial charge in [0.2, 0.25) is 0 Å². The van der Waals surface area contributed by atoms with E-state index < -0.39 is 11.9 Å². The van der Waals surface area contributed by atoms with E-state index in [9.17, 15) is 9.59 Å². The number of carboxylic acid groups (broad SMARTS) is 1. The number of carbonyl (C=O) groups is 2. The smallest absolute Gasteiger partial charge is 0.350 e. The van der Waals surface area contributed by atoms with Crippen LogP contribution in [0, 0.1) is 0 Å². The molecule has 0 saturated heterocycles. The highest BCUT2D eigenvalue weighted by molar-refractivity contribution is 9.06. The monoisotopic (exact) mass is 244 g/mol. The minimum Gasteiger partial charge on any atom is -0.478 e. The molecular formula is C8H5BrO4. The lowest BCUT2D eigenvalue weighted by Crippen LogP contribution is -2.07. The minimum absolute atomic E-state index is 0.0203. The third kappa shape index (κ3) is 2.06. The first-order valence-corrected chi connectivity index (χ1v) is 3.97. The molecule has 0 aliphatic rings. The van der Waals surface area contributed by atoms with Gasteiger partial charge in [-0.25, -0.2) is 9.59 Å². The van der Waals surface area contributed by atoms with E-state index in [1.165, 1.54) is 18.2 Å². The van der Waals surface area contributed by atoms with Gasteiger partial charge in [0.25, 0.3) is 0 Å². The molecule has 0 fully saturated rings. The average Bonchev–Trinajstić information content (AvgIpc) is 2.16. The highest BCUT2D eigenvalue weighted by Crippen LogP contribution is 2.11. The lowest BCUT2D eigenvalue weighted by Gasteiger charge is -2.00. The molecule has 0 bridgehead atoms. The van der Waals surface area contributed by atoms with Gasteiger partial charge in [0.1, 0.15) is 0 Å². The molecular weight excluding hydrogens is 240 g/mol. The number of aromatic carboxylic acids is 1. The number of rotatable bonds is 2. The molecule has 1 aromatic rings. The summed E-state index contributed by atoms with van der Waals surface area (Å²) in [7, 11) is 0. The summed E-state index contributed by atoms with van der Waals surface area (Å²) in [5.41, 5.74) is -0.0566. The molecule has 1 rings (SSSR count). The number of hydrogen-bond acceptors (Lipinski definition) is 3. The standard InChI is InChI=1S/C8H5BrO4/c9-13-8(12)6-4-2-1-3-5(6)7(10)11/h1-4H,(H,10,11). The fraction of sp³-hybridized carbons (Fsp3) is 0. The average molecular weight is 245 g/mol. The summed E-state index contributed by atoms with van der Waals surface area (Å²) in [6.07, 6.45) is 0. The number of carbonyl (C=O) groups excluding carboxylic acids is 1. The van der Waals surface area contributed by atoms with Gasteiger partial charge in [0, 0.05) is 0 Å². The zero-order valence-corrected chi connectivity index (χ0v) is 7.95. The van der Waals surface area contributed by atoms with Crippen molar-refractivity contribution in [2.45, 2.75) is 0 Å². The predicted molar refractivity (Wildman–Crippen MR) is 47.7 cm³/mol. The van der Waals surface area contributed by atoms with Gasteiger partial charge in [0.15, 0.2) is 16.3 Å². The van der Waals surface area contributed by atoms with Crippen LogP contribution in [0.3, 0.4) is 0 Å². The Labute approximate surface area is 82.6 Å². The molecule has 4 nitrogen and oxygen atoms in total. The molecule has 0 radical (unpaired) electrons. The van der Waals surface area contributed by atoms with E-state index >= 15 is 0 Å². The number of hydrogen-bond donors (Lipinski definition) is 1. The third-order valence-corrected chi connectivity index (χ3v) is 1.74. The van der Waals surface area contributed by atoms with Crippen molar-refractivity contribution in [3.8, 4) is 0 Å². The van der Waals surface area contributed by atoms with Crippen LogP contribution in [0.15, 0.2) is 24.3 Å². The molecule has 0 atom stereocenters. The van der Waals surface area contributed by atoms with Crippen molar-refractivity contribution in [2.24, 2.45) is 0 Å². The van der Waals surface area contributed by atoms with Gasteiger partial charge in [-0.3, -0.25) is 0 Å². The van der Waals surface area contributed by atoms with E-state index in [0.29, 0.717) is 0 Å².